The number of hydrogen-bond donors (Lipinski definition) is 5. The van der Waals surface area contributed by atoms with Crippen LogP contribution in [0.5, 0.6) is 0 Å². The lowest BCUT2D eigenvalue weighted by Crippen LogP contribution is -2.56. The van der Waals surface area contributed by atoms with Crippen LogP contribution in [0.25, 0.3) is 0 Å². The number of nitrogens with zero attached hydrogens (tertiary/aromatic N) is 3. The SMILES string of the molecule is CC(C)C[C@H](NC(=O)[C@H](CCCCN)Nc1cnccn1)C(=O)N[C@@H](CCCCN)C(=O)N1CCC[C@H]1C=O. The first kappa shape index (κ1) is 32.1. The van der Waals surface area contributed by atoms with Crippen LogP contribution < -0.4 is 27.4 Å². The van der Waals surface area contributed by atoms with Crippen molar-refractivity contribution >= 4 is 29.8 Å². The molecule has 4 atom stereocenters. The van der Waals surface area contributed by atoms with Crippen LogP contribution in [-0.2, 0) is 19.2 Å². The molecule has 2 heterocycles. The van der Waals surface area contributed by atoms with E-state index in [1.165, 1.54) is 12.4 Å². The molecular weight excluding hydrogens is 500 g/mol. The number of nitrogens with two attached hydrogens (primary N) is 2. The molecule has 1 fully saturated rings. The molecule has 0 saturated carbocycles. The van der Waals surface area contributed by atoms with Crippen LogP contribution in [0.15, 0.2) is 18.6 Å². The van der Waals surface area contributed by atoms with Gasteiger partial charge in [0.05, 0.1) is 12.2 Å². The Morgan fingerprint density at radius 3 is 2.23 bits per heavy atom. The average molecular weight is 547 g/mol. The molecule has 39 heavy (non-hydrogen) atoms. The van der Waals surface area contributed by atoms with Crippen LogP contribution in [-0.4, -0.2) is 82.7 Å². The second-order valence-corrected chi connectivity index (χ2v) is 10.5. The Labute approximate surface area is 231 Å². The number of rotatable bonds is 18. The minimum absolute atomic E-state index is 0.106. The molecule has 218 valence electrons. The second kappa shape index (κ2) is 17.5. The number of aldehydes is 1. The Bertz CT molecular complexity index is 901. The van der Waals surface area contributed by atoms with Crippen molar-refractivity contribution in [3.63, 3.8) is 0 Å². The number of unbranched alkanes of at least 4 members (excludes halogenated alkanes) is 2. The van der Waals surface area contributed by atoms with E-state index in [9.17, 15) is 19.2 Å². The molecule has 1 aliphatic heterocycles. The van der Waals surface area contributed by atoms with Crippen molar-refractivity contribution in [2.45, 2.75) is 95.8 Å². The Balaban J connectivity index is 2.17. The van der Waals surface area contributed by atoms with E-state index >= 15 is 0 Å². The molecule has 0 bridgehead atoms. The van der Waals surface area contributed by atoms with E-state index in [4.69, 9.17) is 11.5 Å². The van der Waals surface area contributed by atoms with E-state index in [1.54, 1.807) is 11.1 Å². The summed E-state index contributed by atoms with van der Waals surface area (Å²) in [6.07, 6.45) is 10.9. The van der Waals surface area contributed by atoms with Gasteiger partial charge in [-0.1, -0.05) is 13.8 Å². The monoisotopic (exact) mass is 546 g/mol. The quantitative estimate of drug-likeness (QED) is 0.131. The number of hydrogen-bond acceptors (Lipinski definition) is 9. The van der Waals surface area contributed by atoms with Gasteiger partial charge in [-0.25, -0.2) is 4.98 Å². The van der Waals surface area contributed by atoms with E-state index in [1.807, 2.05) is 13.8 Å². The Morgan fingerprint density at radius 1 is 1.00 bits per heavy atom. The molecule has 3 amide bonds. The molecule has 0 aliphatic carbocycles. The van der Waals surface area contributed by atoms with Crippen LogP contribution in [0.1, 0.15) is 71.6 Å². The molecule has 0 unspecified atom stereocenters. The molecule has 12 nitrogen and oxygen atoms in total. The number of carbonyl (C=O) groups excluding carboxylic acids is 4. The molecule has 0 spiro atoms. The standard InChI is InChI=1S/C27H46N8O4/c1-19(2)16-23(34-25(37)21(9-3-5-11-28)32-24-17-30-13-14-31-24)26(38)33-22(10-4-6-12-29)27(39)35-15-7-8-20(35)18-36/h13-14,17-23H,3-12,15-16,28-29H2,1-2H3,(H,31,32)(H,33,38)(H,34,37)/t20-,21-,22-,23-/m0/s1. The first-order chi connectivity index (χ1) is 18.8. The van der Waals surface area contributed by atoms with E-state index in [2.05, 4.69) is 25.9 Å². The van der Waals surface area contributed by atoms with Crippen molar-refractivity contribution in [3.8, 4) is 0 Å². The summed E-state index contributed by atoms with van der Waals surface area (Å²) in [5, 5.41) is 8.90. The number of carbonyl (C=O) groups is 4. The van der Waals surface area contributed by atoms with Crippen LogP contribution in [0.2, 0.25) is 0 Å². The van der Waals surface area contributed by atoms with Gasteiger partial charge < -0.3 is 37.1 Å². The predicted octanol–water partition coefficient (Wildman–Crippen LogP) is 0.721. The maximum Gasteiger partial charge on any atom is 0.245 e. The molecular formula is C27H46N8O4. The lowest BCUT2D eigenvalue weighted by Gasteiger charge is -2.29. The number of nitrogens with one attached hydrogen (secondary N) is 3. The van der Waals surface area contributed by atoms with Crippen LogP contribution in [0.3, 0.4) is 0 Å². The summed E-state index contributed by atoms with van der Waals surface area (Å²) in [5.74, 6) is -0.478. The largest absolute Gasteiger partial charge is 0.357 e. The molecule has 12 heteroatoms. The third-order valence-electron chi connectivity index (χ3n) is 6.79. The van der Waals surface area contributed by atoms with Crippen molar-refractivity contribution in [1.29, 1.82) is 0 Å². The fourth-order valence-corrected chi connectivity index (χ4v) is 4.72. The van der Waals surface area contributed by atoms with Crippen molar-refractivity contribution in [2.75, 3.05) is 25.0 Å². The minimum atomic E-state index is -0.844. The summed E-state index contributed by atoms with van der Waals surface area (Å²) in [5.41, 5.74) is 11.3. The summed E-state index contributed by atoms with van der Waals surface area (Å²) in [7, 11) is 0. The second-order valence-electron chi connectivity index (χ2n) is 10.5. The Morgan fingerprint density at radius 2 is 1.64 bits per heavy atom. The zero-order chi connectivity index (χ0) is 28.6. The molecule has 0 aromatic carbocycles. The van der Waals surface area contributed by atoms with E-state index in [0.29, 0.717) is 70.4 Å². The zero-order valence-electron chi connectivity index (χ0n) is 23.3. The summed E-state index contributed by atoms with van der Waals surface area (Å²) in [6, 6.07) is -2.76. The maximum atomic E-state index is 13.5. The topological polar surface area (TPSA) is 185 Å². The van der Waals surface area contributed by atoms with Crippen molar-refractivity contribution < 1.29 is 19.2 Å². The Kier molecular flexibility index (Phi) is 14.4. The zero-order valence-corrected chi connectivity index (χ0v) is 23.3. The predicted molar refractivity (Wildman–Crippen MR) is 149 cm³/mol. The third kappa shape index (κ3) is 10.9. The lowest BCUT2D eigenvalue weighted by atomic mass is 10.0. The first-order valence-electron chi connectivity index (χ1n) is 14.1. The molecule has 2 rings (SSSR count). The van der Waals surface area contributed by atoms with Gasteiger partial charge in [-0.05, 0) is 76.8 Å². The highest BCUT2D eigenvalue weighted by atomic mass is 16.2. The fourth-order valence-electron chi connectivity index (χ4n) is 4.72. The third-order valence-corrected chi connectivity index (χ3v) is 6.79. The van der Waals surface area contributed by atoms with Gasteiger partial charge in [-0.2, -0.15) is 0 Å². The number of likely N-dealkylation sites (tertiary alicyclic amines) is 1. The molecule has 1 saturated heterocycles. The average Bonchev–Trinajstić information content (AvgIpc) is 3.40. The van der Waals surface area contributed by atoms with Gasteiger partial charge in [0.2, 0.25) is 17.7 Å². The number of anilines is 1. The van der Waals surface area contributed by atoms with Gasteiger partial charge in [0.25, 0.3) is 0 Å². The highest BCUT2D eigenvalue weighted by Gasteiger charge is 2.35. The molecule has 1 aromatic rings. The van der Waals surface area contributed by atoms with Gasteiger partial charge in [-0.3, -0.25) is 19.4 Å². The van der Waals surface area contributed by atoms with Crippen molar-refractivity contribution in [2.24, 2.45) is 17.4 Å². The van der Waals surface area contributed by atoms with Gasteiger partial charge in [0, 0.05) is 18.9 Å². The highest BCUT2D eigenvalue weighted by molar-refractivity contribution is 5.94. The van der Waals surface area contributed by atoms with E-state index in [-0.39, 0.29) is 17.7 Å². The summed E-state index contributed by atoms with van der Waals surface area (Å²) in [4.78, 5) is 61.6. The first-order valence-corrected chi connectivity index (χ1v) is 14.1. The molecule has 7 N–H and O–H groups in total. The number of aromatic nitrogens is 2. The van der Waals surface area contributed by atoms with E-state index in [0.717, 1.165) is 19.1 Å². The molecule has 0 radical (unpaired) electrons. The normalized spacial score (nSPS) is 17.4. The summed E-state index contributed by atoms with van der Waals surface area (Å²) < 4.78 is 0. The summed E-state index contributed by atoms with van der Waals surface area (Å²) in [6.45, 7) is 5.40. The van der Waals surface area contributed by atoms with Crippen molar-refractivity contribution in [3.05, 3.63) is 18.6 Å². The van der Waals surface area contributed by atoms with Crippen LogP contribution in [0, 0.1) is 5.92 Å². The molecule has 1 aliphatic rings. The summed E-state index contributed by atoms with van der Waals surface area (Å²) >= 11 is 0. The van der Waals surface area contributed by atoms with Gasteiger partial charge in [0.1, 0.15) is 30.2 Å². The lowest BCUT2D eigenvalue weighted by molar-refractivity contribution is -0.139. The molecule has 1 aromatic heterocycles. The van der Waals surface area contributed by atoms with Gasteiger partial charge in [0.15, 0.2) is 0 Å². The Hall–Kier alpha value is -3.12. The van der Waals surface area contributed by atoms with Crippen LogP contribution in [0.4, 0.5) is 5.82 Å². The fraction of sp³-hybridized carbons (Fsp3) is 0.704. The highest BCUT2D eigenvalue weighted by Crippen LogP contribution is 2.19. The maximum absolute atomic E-state index is 13.5. The number of amides is 3. The van der Waals surface area contributed by atoms with Gasteiger partial charge in [-0.15, -0.1) is 0 Å². The van der Waals surface area contributed by atoms with Crippen molar-refractivity contribution in [1.82, 2.24) is 25.5 Å². The van der Waals surface area contributed by atoms with Crippen LogP contribution >= 0.6 is 0 Å². The smallest absolute Gasteiger partial charge is 0.245 e. The van der Waals surface area contributed by atoms with E-state index < -0.39 is 30.1 Å². The van der Waals surface area contributed by atoms with Gasteiger partial charge >= 0.3 is 0 Å². The minimum Gasteiger partial charge on any atom is -0.357 e.